The third-order valence-electron chi connectivity index (χ3n) is 6.05. The average molecular weight is 442 g/mol. The molecule has 3 aromatic heterocycles. The predicted octanol–water partition coefficient (Wildman–Crippen LogP) is 6.34. The van der Waals surface area contributed by atoms with Crippen LogP contribution in [0, 0.1) is 0 Å². The average Bonchev–Trinajstić information content (AvgIpc) is 3.37. The van der Waals surface area contributed by atoms with Crippen LogP contribution in [0.5, 0.6) is 0 Å². The van der Waals surface area contributed by atoms with E-state index in [0.717, 1.165) is 34.4 Å². The summed E-state index contributed by atoms with van der Waals surface area (Å²) in [7, 11) is 0. The first-order valence-electron chi connectivity index (χ1n) is 11.4. The summed E-state index contributed by atoms with van der Waals surface area (Å²) in [6, 6.07) is 33.3. The van der Waals surface area contributed by atoms with Crippen molar-refractivity contribution in [3.05, 3.63) is 127 Å². The second-order valence-corrected chi connectivity index (χ2v) is 8.32. The van der Waals surface area contributed by atoms with Crippen molar-refractivity contribution in [2.24, 2.45) is 0 Å². The monoisotopic (exact) mass is 441 g/mol. The van der Waals surface area contributed by atoms with Crippen molar-refractivity contribution in [3.8, 4) is 11.4 Å². The van der Waals surface area contributed by atoms with Gasteiger partial charge in [0, 0.05) is 29.5 Å². The molecule has 0 spiro atoms. The summed E-state index contributed by atoms with van der Waals surface area (Å²) in [5.74, 6) is 1.51. The summed E-state index contributed by atoms with van der Waals surface area (Å²) in [5, 5.41) is 4.76. The Bertz CT molecular complexity index is 1560. The zero-order chi connectivity index (χ0) is 22.7. The molecule has 0 aliphatic carbocycles. The Labute approximate surface area is 197 Å². The summed E-state index contributed by atoms with van der Waals surface area (Å²) in [5.41, 5.74) is 5.24. The highest BCUT2D eigenvalue weighted by Crippen LogP contribution is 2.29. The highest BCUT2D eigenvalue weighted by molar-refractivity contribution is 5.90. The van der Waals surface area contributed by atoms with E-state index in [4.69, 9.17) is 9.97 Å². The third-order valence-corrected chi connectivity index (χ3v) is 6.05. The van der Waals surface area contributed by atoms with Gasteiger partial charge in [0.1, 0.15) is 11.5 Å². The van der Waals surface area contributed by atoms with Gasteiger partial charge in [-0.15, -0.1) is 0 Å². The molecule has 1 N–H and O–H groups in total. The minimum Gasteiger partial charge on any atom is -0.362 e. The quantitative estimate of drug-likeness (QED) is 0.328. The number of hydrogen-bond donors (Lipinski definition) is 1. The van der Waals surface area contributed by atoms with Crippen LogP contribution >= 0.6 is 0 Å². The fourth-order valence-corrected chi connectivity index (χ4v) is 4.32. The zero-order valence-corrected chi connectivity index (χ0v) is 18.5. The summed E-state index contributed by atoms with van der Waals surface area (Å²) < 4.78 is 1.99. The zero-order valence-electron chi connectivity index (χ0n) is 18.5. The van der Waals surface area contributed by atoms with E-state index in [0.29, 0.717) is 5.82 Å². The number of nitrogens with one attached hydrogen (secondary N) is 1. The Morgan fingerprint density at radius 2 is 1.53 bits per heavy atom. The smallest absolute Gasteiger partial charge is 0.163 e. The Morgan fingerprint density at radius 1 is 0.765 bits per heavy atom. The van der Waals surface area contributed by atoms with Gasteiger partial charge >= 0.3 is 0 Å². The molecule has 0 aliphatic rings. The van der Waals surface area contributed by atoms with Crippen LogP contribution < -0.4 is 5.32 Å². The summed E-state index contributed by atoms with van der Waals surface area (Å²) in [6.07, 6.45) is 6.60. The van der Waals surface area contributed by atoms with Gasteiger partial charge in [-0.05, 0) is 41.8 Å². The molecule has 1 atom stereocenters. The SMILES string of the molecule is c1ccc(CC(Nc2nc(-c3ccc4nccn4c3)nc3ccccc23)c2ccccc2)cc1. The number of imidazole rings is 1. The Kier molecular flexibility index (Phi) is 5.20. The van der Waals surface area contributed by atoms with Crippen molar-refractivity contribution in [1.82, 2.24) is 19.4 Å². The minimum absolute atomic E-state index is 0.0610. The Balaban J connectivity index is 1.45. The molecule has 164 valence electrons. The minimum atomic E-state index is 0.0610. The van der Waals surface area contributed by atoms with Gasteiger partial charge in [0.15, 0.2) is 5.82 Å². The van der Waals surface area contributed by atoms with E-state index >= 15 is 0 Å². The topological polar surface area (TPSA) is 55.1 Å². The molecular weight excluding hydrogens is 418 g/mol. The second kappa shape index (κ2) is 8.79. The molecule has 5 nitrogen and oxygen atoms in total. The van der Waals surface area contributed by atoms with Gasteiger partial charge in [-0.1, -0.05) is 72.8 Å². The number of pyridine rings is 1. The first-order chi connectivity index (χ1) is 16.8. The van der Waals surface area contributed by atoms with Crippen molar-refractivity contribution in [1.29, 1.82) is 0 Å². The number of hydrogen-bond acceptors (Lipinski definition) is 4. The van der Waals surface area contributed by atoms with E-state index in [1.54, 1.807) is 6.20 Å². The lowest BCUT2D eigenvalue weighted by Gasteiger charge is -2.21. The largest absolute Gasteiger partial charge is 0.362 e. The van der Waals surface area contributed by atoms with Crippen molar-refractivity contribution < 1.29 is 0 Å². The van der Waals surface area contributed by atoms with Crippen LogP contribution in [0.25, 0.3) is 27.9 Å². The van der Waals surface area contributed by atoms with Crippen LogP contribution in [0.1, 0.15) is 17.2 Å². The van der Waals surface area contributed by atoms with E-state index < -0.39 is 0 Å². The molecule has 0 aliphatic heterocycles. The molecule has 3 aromatic carbocycles. The number of benzene rings is 3. The first-order valence-corrected chi connectivity index (χ1v) is 11.4. The van der Waals surface area contributed by atoms with E-state index in [1.807, 2.05) is 53.2 Å². The molecular formula is C29H23N5. The third kappa shape index (κ3) is 3.99. The van der Waals surface area contributed by atoms with Gasteiger partial charge in [0.25, 0.3) is 0 Å². The van der Waals surface area contributed by atoms with E-state index in [2.05, 4.69) is 71.0 Å². The van der Waals surface area contributed by atoms with Gasteiger partial charge in [-0.2, -0.15) is 0 Å². The molecule has 1 unspecified atom stereocenters. The number of anilines is 1. The number of nitrogens with zero attached hydrogens (tertiary/aromatic N) is 4. The predicted molar refractivity (Wildman–Crippen MR) is 137 cm³/mol. The van der Waals surface area contributed by atoms with Crippen LogP contribution in [0.2, 0.25) is 0 Å². The van der Waals surface area contributed by atoms with Crippen molar-refractivity contribution in [2.45, 2.75) is 12.5 Å². The highest BCUT2D eigenvalue weighted by Gasteiger charge is 2.17. The molecule has 0 amide bonds. The lowest BCUT2D eigenvalue weighted by Crippen LogP contribution is -2.15. The Morgan fingerprint density at radius 3 is 2.38 bits per heavy atom. The van der Waals surface area contributed by atoms with Crippen LogP contribution in [-0.2, 0) is 6.42 Å². The molecule has 3 heterocycles. The van der Waals surface area contributed by atoms with Gasteiger partial charge in [0.05, 0.1) is 11.6 Å². The molecule has 0 fully saturated rings. The van der Waals surface area contributed by atoms with E-state index in [-0.39, 0.29) is 6.04 Å². The van der Waals surface area contributed by atoms with Gasteiger partial charge in [-0.25, -0.2) is 15.0 Å². The first kappa shape index (κ1) is 20.1. The maximum atomic E-state index is 5.01. The number of rotatable bonds is 6. The molecule has 0 radical (unpaired) electrons. The van der Waals surface area contributed by atoms with Crippen LogP contribution in [0.15, 0.2) is 116 Å². The number of fused-ring (bicyclic) bond motifs is 2. The van der Waals surface area contributed by atoms with Crippen molar-refractivity contribution in [2.75, 3.05) is 5.32 Å². The lowest BCUT2D eigenvalue weighted by atomic mass is 9.98. The fourth-order valence-electron chi connectivity index (χ4n) is 4.32. The van der Waals surface area contributed by atoms with Crippen LogP contribution in [0.3, 0.4) is 0 Å². The Hall–Kier alpha value is -4.51. The summed E-state index contributed by atoms with van der Waals surface area (Å²) in [6.45, 7) is 0. The molecule has 0 saturated carbocycles. The molecule has 0 bridgehead atoms. The van der Waals surface area contributed by atoms with Gasteiger partial charge in [-0.3, -0.25) is 0 Å². The van der Waals surface area contributed by atoms with E-state index in [9.17, 15) is 0 Å². The fraction of sp³-hybridized carbons (Fsp3) is 0.0690. The van der Waals surface area contributed by atoms with Gasteiger partial charge < -0.3 is 9.72 Å². The molecule has 0 saturated heterocycles. The molecule has 6 rings (SSSR count). The van der Waals surface area contributed by atoms with Crippen LogP contribution in [-0.4, -0.2) is 19.4 Å². The number of aromatic nitrogens is 4. The molecule has 34 heavy (non-hydrogen) atoms. The van der Waals surface area contributed by atoms with Crippen molar-refractivity contribution >= 4 is 22.4 Å². The molecule has 5 heteroatoms. The maximum absolute atomic E-state index is 5.01. The normalized spacial score (nSPS) is 12.1. The maximum Gasteiger partial charge on any atom is 0.163 e. The highest BCUT2D eigenvalue weighted by atomic mass is 15.1. The molecule has 6 aromatic rings. The second-order valence-electron chi connectivity index (χ2n) is 8.32. The standard InChI is InChI=1S/C29H23N5/c1-3-9-21(10-4-1)19-26(22-11-5-2-6-12-22)32-29-24-13-7-8-14-25(24)31-28(33-29)23-15-16-27-30-17-18-34(27)20-23/h1-18,20,26H,19H2,(H,31,32,33). The van der Waals surface area contributed by atoms with E-state index in [1.165, 1.54) is 11.1 Å². The van der Waals surface area contributed by atoms with Crippen LogP contribution in [0.4, 0.5) is 5.82 Å². The van der Waals surface area contributed by atoms with Gasteiger partial charge in [0.2, 0.25) is 0 Å². The van der Waals surface area contributed by atoms with Crippen molar-refractivity contribution in [3.63, 3.8) is 0 Å². The summed E-state index contributed by atoms with van der Waals surface area (Å²) in [4.78, 5) is 14.2. The summed E-state index contributed by atoms with van der Waals surface area (Å²) >= 11 is 0. The lowest BCUT2D eigenvalue weighted by molar-refractivity contribution is 0.771. The number of para-hydroxylation sites is 1.